The van der Waals surface area contributed by atoms with E-state index >= 15 is 0 Å². The van der Waals surface area contributed by atoms with E-state index in [0.717, 1.165) is 16.9 Å². The van der Waals surface area contributed by atoms with Crippen molar-refractivity contribution in [2.45, 2.75) is 38.5 Å². The molecule has 0 aliphatic carbocycles. The van der Waals surface area contributed by atoms with E-state index in [-0.39, 0.29) is 12.6 Å². The normalized spacial score (nSPS) is 10.7. The van der Waals surface area contributed by atoms with E-state index in [1.165, 1.54) is 11.8 Å². The van der Waals surface area contributed by atoms with Crippen molar-refractivity contribution in [1.82, 2.24) is 0 Å². The van der Waals surface area contributed by atoms with E-state index in [4.69, 9.17) is 9.84 Å². The number of rotatable bonds is 5. The number of hydrogen-bond acceptors (Lipinski definition) is 4. The Bertz CT molecular complexity index is 504. The zero-order chi connectivity index (χ0) is 15.7. The average molecular weight is 306 g/mol. The highest BCUT2D eigenvalue weighted by Crippen LogP contribution is 2.15. The predicted molar refractivity (Wildman–Crippen MR) is 87.0 cm³/mol. The number of benzene rings is 1. The molecule has 4 heteroatoms. The average Bonchev–Trinajstić information content (AvgIpc) is 2.39. The van der Waals surface area contributed by atoms with Gasteiger partial charge in [0, 0.05) is 17.7 Å². The smallest absolute Gasteiger partial charge is 0.316 e. The molecule has 0 aliphatic rings. The Balaban J connectivity index is 2.37. The van der Waals surface area contributed by atoms with Crippen LogP contribution in [0.15, 0.2) is 24.3 Å². The van der Waals surface area contributed by atoms with Crippen LogP contribution in [0.3, 0.4) is 0 Å². The molecular formula is C17H22O3S. The standard InChI is InChI=1S/C17H22O3S/c1-17(2,3)20-16(19)13-21-12-15-9-7-14(8-10-15)6-4-5-11-18/h7-10,18H,5,11-13H2,1-3H3. The van der Waals surface area contributed by atoms with E-state index in [1.54, 1.807) is 0 Å². The molecule has 0 aliphatic heterocycles. The largest absolute Gasteiger partial charge is 0.459 e. The van der Waals surface area contributed by atoms with E-state index in [1.807, 2.05) is 45.0 Å². The molecule has 0 fully saturated rings. The highest BCUT2D eigenvalue weighted by Gasteiger charge is 2.15. The third kappa shape index (κ3) is 8.44. The molecule has 21 heavy (non-hydrogen) atoms. The summed E-state index contributed by atoms with van der Waals surface area (Å²) in [5.74, 6) is 6.81. The van der Waals surface area contributed by atoms with Gasteiger partial charge in [0.05, 0.1) is 12.4 Å². The van der Waals surface area contributed by atoms with Gasteiger partial charge in [0.2, 0.25) is 0 Å². The van der Waals surface area contributed by atoms with Crippen molar-refractivity contribution in [3.63, 3.8) is 0 Å². The van der Waals surface area contributed by atoms with Crippen LogP contribution in [0.5, 0.6) is 0 Å². The third-order valence-corrected chi connectivity index (χ3v) is 3.31. The highest BCUT2D eigenvalue weighted by atomic mass is 32.2. The van der Waals surface area contributed by atoms with Crippen LogP contribution in [-0.2, 0) is 15.3 Å². The van der Waals surface area contributed by atoms with Gasteiger partial charge in [-0.15, -0.1) is 11.8 Å². The molecule has 1 aromatic carbocycles. The summed E-state index contributed by atoms with van der Waals surface area (Å²) >= 11 is 1.54. The van der Waals surface area contributed by atoms with E-state index in [9.17, 15) is 4.79 Å². The Morgan fingerprint density at radius 2 is 1.95 bits per heavy atom. The number of thioether (sulfide) groups is 1. The second kappa shape index (κ2) is 8.76. The number of esters is 1. The number of carbonyl (C=O) groups is 1. The number of ether oxygens (including phenoxy) is 1. The molecule has 0 amide bonds. The van der Waals surface area contributed by atoms with Crippen molar-refractivity contribution < 1.29 is 14.6 Å². The number of aliphatic hydroxyl groups is 1. The summed E-state index contributed by atoms with van der Waals surface area (Å²) in [6.07, 6.45) is 0.494. The zero-order valence-electron chi connectivity index (χ0n) is 12.8. The molecule has 0 unspecified atom stereocenters. The van der Waals surface area contributed by atoms with Gasteiger partial charge in [-0.1, -0.05) is 24.0 Å². The molecule has 0 saturated heterocycles. The number of aliphatic hydroxyl groups excluding tert-OH is 1. The van der Waals surface area contributed by atoms with Crippen LogP contribution in [-0.4, -0.2) is 29.0 Å². The van der Waals surface area contributed by atoms with Gasteiger partial charge in [0.15, 0.2) is 0 Å². The summed E-state index contributed by atoms with van der Waals surface area (Å²) in [6, 6.07) is 7.91. The molecular weight excluding hydrogens is 284 g/mol. The Kier molecular flexibility index (Phi) is 7.35. The van der Waals surface area contributed by atoms with Crippen molar-refractivity contribution in [2.24, 2.45) is 0 Å². The van der Waals surface area contributed by atoms with E-state index < -0.39 is 5.60 Å². The molecule has 0 radical (unpaired) electrons. The topological polar surface area (TPSA) is 46.5 Å². The molecule has 0 saturated carbocycles. The Morgan fingerprint density at radius 3 is 2.52 bits per heavy atom. The molecule has 1 aromatic rings. The number of carbonyl (C=O) groups excluding carboxylic acids is 1. The fourth-order valence-corrected chi connectivity index (χ4v) is 2.28. The third-order valence-electron chi connectivity index (χ3n) is 2.33. The lowest BCUT2D eigenvalue weighted by Crippen LogP contribution is -2.24. The quantitative estimate of drug-likeness (QED) is 0.671. The molecule has 0 spiro atoms. The van der Waals surface area contributed by atoms with Gasteiger partial charge >= 0.3 is 5.97 Å². The second-order valence-electron chi connectivity index (χ2n) is 5.55. The van der Waals surface area contributed by atoms with E-state index in [0.29, 0.717) is 12.2 Å². The summed E-state index contributed by atoms with van der Waals surface area (Å²) in [6.45, 7) is 5.69. The lowest BCUT2D eigenvalue weighted by Gasteiger charge is -2.19. The van der Waals surface area contributed by atoms with Crippen LogP contribution < -0.4 is 0 Å². The van der Waals surface area contributed by atoms with Crippen molar-refractivity contribution in [3.05, 3.63) is 35.4 Å². The van der Waals surface area contributed by atoms with Crippen molar-refractivity contribution in [3.8, 4) is 11.8 Å². The molecule has 0 aromatic heterocycles. The molecule has 1 rings (SSSR count). The Morgan fingerprint density at radius 1 is 1.29 bits per heavy atom. The molecule has 0 heterocycles. The fraction of sp³-hybridized carbons (Fsp3) is 0.471. The summed E-state index contributed by atoms with van der Waals surface area (Å²) in [5.41, 5.74) is 1.66. The van der Waals surface area contributed by atoms with Gasteiger partial charge in [0.1, 0.15) is 5.60 Å². The van der Waals surface area contributed by atoms with Crippen LogP contribution in [0.1, 0.15) is 38.3 Å². The van der Waals surface area contributed by atoms with Gasteiger partial charge < -0.3 is 9.84 Å². The maximum absolute atomic E-state index is 11.6. The van der Waals surface area contributed by atoms with Crippen LogP contribution in [0.2, 0.25) is 0 Å². The maximum atomic E-state index is 11.6. The van der Waals surface area contributed by atoms with Crippen LogP contribution in [0.4, 0.5) is 0 Å². The zero-order valence-corrected chi connectivity index (χ0v) is 13.6. The monoisotopic (exact) mass is 306 g/mol. The first-order valence-corrected chi connectivity index (χ1v) is 8.04. The molecule has 3 nitrogen and oxygen atoms in total. The van der Waals surface area contributed by atoms with Crippen molar-refractivity contribution in [2.75, 3.05) is 12.4 Å². The van der Waals surface area contributed by atoms with Gasteiger partial charge in [-0.2, -0.15) is 0 Å². The fourth-order valence-electron chi connectivity index (χ4n) is 1.53. The van der Waals surface area contributed by atoms with Gasteiger partial charge in [-0.3, -0.25) is 4.79 Å². The summed E-state index contributed by atoms with van der Waals surface area (Å²) in [5, 5.41) is 8.66. The minimum atomic E-state index is -0.424. The van der Waals surface area contributed by atoms with Crippen molar-refractivity contribution in [1.29, 1.82) is 0 Å². The van der Waals surface area contributed by atoms with Gasteiger partial charge in [-0.05, 0) is 38.5 Å². The van der Waals surface area contributed by atoms with Crippen LogP contribution in [0.25, 0.3) is 0 Å². The minimum absolute atomic E-state index is 0.0897. The maximum Gasteiger partial charge on any atom is 0.316 e. The first kappa shape index (κ1) is 17.6. The summed E-state index contributed by atoms with van der Waals surface area (Å²) in [7, 11) is 0. The number of hydrogen-bond donors (Lipinski definition) is 1. The summed E-state index contributed by atoms with van der Waals surface area (Å²) in [4.78, 5) is 11.6. The van der Waals surface area contributed by atoms with Crippen LogP contribution >= 0.6 is 11.8 Å². The van der Waals surface area contributed by atoms with Gasteiger partial charge in [0.25, 0.3) is 0 Å². The highest BCUT2D eigenvalue weighted by molar-refractivity contribution is 7.99. The molecule has 0 atom stereocenters. The minimum Gasteiger partial charge on any atom is -0.459 e. The van der Waals surface area contributed by atoms with Crippen LogP contribution in [0, 0.1) is 11.8 Å². The second-order valence-corrected chi connectivity index (χ2v) is 6.54. The predicted octanol–water partition coefficient (Wildman–Crippen LogP) is 3.00. The van der Waals surface area contributed by atoms with Gasteiger partial charge in [-0.25, -0.2) is 0 Å². The lowest BCUT2D eigenvalue weighted by atomic mass is 10.1. The first-order valence-electron chi connectivity index (χ1n) is 6.89. The SMILES string of the molecule is CC(C)(C)OC(=O)CSCc1ccc(C#CCCO)cc1. The Labute approximate surface area is 131 Å². The lowest BCUT2D eigenvalue weighted by molar-refractivity contribution is -0.151. The Hall–Kier alpha value is -1.44. The molecule has 0 bridgehead atoms. The molecule has 114 valence electrons. The van der Waals surface area contributed by atoms with Crippen molar-refractivity contribution >= 4 is 17.7 Å². The first-order chi connectivity index (χ1) is 9.90. The van der Waals surface area contributed by atoms with E-state index in [2.05, 4.69) is 11.8 Å². The summed E-state index contributed by atoms with van der Waals surface area (Å²) < 4.78 is 5.25. The molecule has 1 N–H and O–H groups in total.